The van der Waals surface area contributed by atoms with Gasteiger partial charge >= 0.3 is 0 Å². The van der Waals surface area contributed by atoms with Crippen molar-refractivity contribution >= 4 is 0 Å². The highest BCUT2D eigenvalue weighted by atomic mass is 19.1. The molecule has 3 nitrogen and oxygen atoms in total. The van der Waals surface area contributed by atoms with Gasteiger partial charge < -0.3 is 4.74 Å². The summed E-state index contributed by atoms with van der Waals surface area (Å²) >= 11 is 0. The molecule has 1 fully saturated rings. The van der Waals surface area contributed by atoms with Crippen molar-refractivity contribution in [2.75, 3.05) is 7.11 Å². The van der Waals surface area contributed by atoms with E-state index in [9.17, 15) is 4.39 Å². The zero-order valence-electron chi connectivity index (χ0n) is 17.3. The Morgan fingerprint density at radius 2 is 1.71 bits per heavy atom. The van der Waals surface area contributed by atoms with E-state index in [4.69, 9.17) is 4.74 Å². The second-order valence-corrected chi connectivity index (χ2v) is 8.18. The minimum absolute atomic E-state index is 0.336. The van der Waals surface area contributed by atoms with Crippen LogP contribution in [0.3, 0.4) is 0 Å². The molecule has 4 heteroatoms. The maximum Gasteiger partial charge on any atom is 0.136 e. The Kier molecular flexibility index (Phi) is 7.81. The standard InChI is InChI=1S/C24H33FN2O/c1-3-4-5-6-18-7-9-19(10-8-18)11-12-20-13-16-24(27-26-20)22-15-14-21(28-2)17-23(22)25/h13-19H,3-12H2,1-2H3. The van der Waals surface area contributed by atoms with E-state index in [-0.39, 0.29) is 5.82 Å². The van der Waals surface area contributed by atoms with Crippen LogP contribution in [0.25, 0.3) is 11.3 Å². The largest absolute Gasteiger partial charge is 0.497 e. The molecule has 1 heterocycles. The summed E-state index contributed by atoms with van der Waals surface area (Å²) in [5.74, 6) is 1.95. The van der Waals surface area contributed by atoms with Crippen molar-refractivity contribution in [2.45, 2.75) is 71.1 Å². The van der Waals surface area contributed by atoms with Crippen LogP contribution in [0, 0.1) is 17.7 Å². The first-order valence-corrected chi connectivity index (χ1v) is 10.9. The normalized spacial score (nSPS) is 19.5. The van der Waals surface area contributed by atoms with Crippen LogP contribution in [0.1, 0.15) is 70.4 Å². The quantitative estimate of drug-likeness (QED) is 0.456. The second-order valence-electron chi connectivity index (χ2n) is 8.18. The summed E-state index contributed by atoms with van der Waals surface area (Å²) in [7, 11) is 1.53. The predicted molar refractivity (Wildman–Crippen MR) is 112 cm³/mol. The summed E-state index contributed by atoms with van der Waals surface area (Å²) in [6.07, 6.45) is 13.2. The van der Waals surface area contributed by atoms with E-state index in [1.165, 1.54) is 71.0 Å². The Labute approximate surface area is 168 Å². The highest BCUT2D eigenvalue weighted by molar-refractivity contribution is 5.60. The van der Waals surface area contributed by atoms with Gasteiger partial charge in [0.15, 0.2) is 0 Å². The molecule has 3 rings (SSSR count). The molecule has 0 atom stereocenters. The van der Waals surface area contributed by atoms with E-state index in [0.717, 1.165) is 24.0 Å². The fourth-order valence-corrected chi connectivity index (χ4v) is 4.31. The zero-order chi connectivity index (χ0) is 19.8. The van der Waals surface area contributed by atoms with Gasteiger partial charge in [0.05, 0.1) is 18.5 Å². The summed E-state index contributed by atoms with van der Waals surface area (Å²) < 4.78 is 19.2. The SMILES string of the molecule is CCCCCC1CCC(CCc2ccc(-c3ccc(OC)cc3F)nn2)CC1. The maximum absolute atomic E-state index is 14.2. The average molecular weight is 385 g/mol. The fraction of sp³-hybridized carbons (Fsp3) is 0.583. The molecule has 152 valence electrons. The van der Waals surface area contributed by atoms with Crippen molar-refractivity contribution < 1.29 is 9.13 Å². The van der Waals surface area contributed by atoms with E-state index in [0.29, 0.717) is 17.0 Å². The van der Waals surface area contributed by atoms with Gasteiger partial charge in [-0.15, -0.1) is 0 Å². The third-order valence-electron chi connectivity index (χ3n) is 6.16. The number of nitrogens with zero attached hydrogens (tertiary/aromatic N) is 2. The molecular formula is C24H33FN2O. The molecule has 1 saturated carbocycles. The van der Waals surface area contributed by atoms with Crippen molar-refractivity contribution in [1.29, 1.82) is 0 Å². The summed E-state index contributed by atoms with van der Waals surface area (Å²) in [5, 5.41) is 8.59. The number of aromatic nitrogens is 2. The van der Waals surface area contributed by atoms with Gasteiger partial charge in [-0.05, 0) is 48.9 Å². The van der Waals surface area contributed by atoms with Crippen LogP contribution in [0.5, 0.6) is 5.75 Å². The van der Waals surface area contributed by atoms with Crippen molar-refractivity contribution in [3.8, 4) is 17.0 Å². The molecule has 1 aromatic carbocycles. The molecule has 0 bridgehead atoms. The van der Waals surface area contributed by atoms with Crippen LogP contribution >= 0.6 is 0 Å². The van der Waals surface area contributed by atoms with Gasteiger partial charge in [-0.1, -0.05) is 58.3 Å². The Hall–Kier alpha value is -1.97. The Bertz CT molecular complexity index is 724. The molecule has 0 aliphatic heterocycles. The van der Waals surface area contributed by atoms with E-state index >= 15 is 0 Å². The molecule has 1 aliphatic carbocycles. The van der Waals surface area contributed by atoms with Crippen LogP contribution in [0.4, 0.5) is 4.39 Å². The molecular weight excluding hydrogens is 351 g/mol. The molecule has 1 aromatic heterocycles. The first kappa shape index (κ1) is 20.8. The van der Waals surface area contributed by atoms with Gasteiger partial charge in [-0.25, -0.2) is 4.39 Å². The number of rotatable bonds is 9. The van der Waals surface area contributed by atoms with Gasteiger partial charge in [0.2, 0.25) is 0 Å². The third kappa shape index (κ3) is 5.76. The van der Waals surface area contributed by atoms with Crippen LogP contribution in [0.2, 0.25) is 0 Å². The summed E-state index contributed by atoms with van der Waals surface area (Å²) in [6.45, 7) is 2.28. The topological polar surface area (TPSA) is 35.0 Å². The number of hydrogen-bond donors (Lipinski definition) is 0. The second kappa shape index (κ2) is 10.5. The lowest BCUT2D eigenvalue weighted by molar-refractivity contribution is 0.248. The van der Waals surface area contributed by atoms with Crippen molar-refractivity contribution in [3.63, 3.8) is 0 Å². The molecule has 28 heavy (non-hydrogen) atoms. The van der Waals surface area contributed by atoms with Gasteiger partial charge in [0.25, 0.3) is 0 Å². The Morgan fingerprint density at radius 1 is 0.964 bits per heavy atom. The molecule has 2 aromatic rings. The first-order valence-electron chi connectivity index (χ1n) is 10.9. The molecule has 1 aliphatic rings. The number of unbranched alkanes of at least 4 members (excludes halogenated alkanes) is 2. The monoisotopic (exact) mass is 384 g/mol. The lowest BCUT2D eigenvalue weighted by atomic mass is 9.78. The molecule has 0 saturated heterocycles. The first-order chi connectivity index (χ1) is 13.7. The smallest absolute Gasteiger partial charge is 0.136 e. The molecule has 0 N–H and O–H groups in total. The highest BCUT2D eigenvalue weighted by Crippen LogP contribution is 2.34. The molecule has 0 amide bonds. The van der Waals surface area contributed by atoms with E-state index in [1.54, 1.807) is 12.1 Å². The predicted octanol–water partition coefficient (Wildman–Crippen LogP) is 6.61. The van der Waals surface area contributed by atoms with Crippen LogP contribution in [0.15, 0.2) is 30.3 Å². The van der Waals surface area contributed by atoms with Gasteiger partial charge in [-0.2, -0.15) is 10.2 Å². The number of aryl methyl sites for hydroxylation is 1. The number of methoxy groups -OCH3 is 1. The van der Waals surface area contributed by atoms with Crippen molar-refractivity contribution in [2.24, 2.45) is 11.8 Å². The van der Waals surface area contributed by atoms with Crippen LogP contribution in [-0.2, 0) is 6.42 Å². The van der Waals surface area contributed by atoms with Crippen molar-refractivity contribution in [1.82, 2.24) is 10.2 Å². The average Bonchev–Trinajstić information content (AvgIpc) is 2.74. The van der Waals surface area contributed by atoms with Crippen LogP contribution in [-0.4, -0.2) is 17.3 Å². The van der Waals surface area contributed by atoms with Crippen LogP contribution < -0.4 is 4.74 Å². The Morgan fingerprint density at radius 3 is 2.32 bits per heavy atom. The van der Waals surface area contributed by atoms with E-state index in [1.807, 2.05) is 12.1 Å². The minimum Gasteiger partial charge on any atom is -0.497 e. The molecule has 0 radical (unpaired) electrons. The lowest BCUT2D eigenvalue weighted by Crippen LogP contribution is -2.15. The summed E-state index contributed by atoms with van der Waals surface area (Å²) in [4.78, 5) is 0. The molecule has 0 spiro atoms. The summed E-state index contributed by atoms with van der Waals surface area (Å²) in [6, 6.07) is 8.67. The van der Waals surface area contributed by atoms with E-state index in [2.05, 4.69) is 17.1 Å². The zero-order valence-corrected chi connectivity index (χ0v) is 17.3. The van der Waals surface area contributed by atoms with Gasteiger partial charge in [0, 0.05) is 11.6 Å². The highest BCUT2D eigenvalue weighted by Gasteiger charge is 2.20. The number of benzene rings is 1. The van der Waals surface area contributed by atoms with Crippen molar-refractivity contribution in [3.05, 3.63) is 41.8 Å². The number of hydrogen-bond acceptors (Lipinski definition) is 3. The van der Waals surface area contributed by atoms with Gasteiger partial charge in [-0.3, -0.25) is 0 Å². The molecule has 0 unspecified atom stereocenters. The lowest BCUT2D eigenvalue weighted by Gasteiger charge is -2.28. The Balaban J connectivity index is 1.46. The third-order valence-corrected chi connectivity index (χ3v) is 6.16. The van der Waals surface area contributed by atoms with E-state index < -0.39 is 0 Å². The summed E-state index contributed by atoms with van der Waals surface area (Å²) in [5.41, 5.74) is 2.03. The minimum atomic E-state index is -0.336. The number of halogens is 1. The number of ether oxygens (including phenoxy) is 1. The fourth-order valence-electron chi connectivity index (χ4n) is 4.31. The van der Waals surface area contributed by atoms with Gasteiger partial charge in [0.1, 0.15) is 11.6 Å². The maximum atomic E-state index is 14.2.